The van der Waals surface area contributed by atoms with E-state index < -0.39 is 5.97 Å². The second-order valence-corrected chi connectivity index (χ2v) is 6.39. The first-order chi connectivity index (χ1) is 11.1. The van der Waals surface area contributed by atoms with Crippen LogP contribution in [0.4, 0.5) is 17.5 Å². The van der Waals surface area contributed by atoms with Crippen LogP contribution in [-0.4, -0.2) is 34.1 Å². The summed E-state index contributed by atoms with van der Waals surface area (Å²) in [5, 5.41) is 12.2. The van der Waals surface area contributed by atoms with Gasteiger partial charge < -0.3 is 15.3 Å². The van der Waals surface area contributed by atoms with E-state index in [1.54, 1.807) is 6.20 Å². The van der Waals surface area contributed by atoms with Crippen molar-refractivity contribution in [1.29, 1.82) is 0 Å². The maximum atomic E-state index is 11.0. The van der Waals surface area contributed by atoms with E-state index in [1.807, 2.05) is 30.3 Å². The van der Waals surface area contributed by atoms with Gasteiger partial charge in [-0.2, -0.15) is 4.98 Å². The number of aromatic nitrogens is 2. The largest absolute Gasteiger partial charge is 0.481 e. The zero-order chi connectivity index (χ0) is 16.2. The Kier molecular flexibility index (Phi) is 4.76. The molecule has 6 nitrogen and oxygen atoms in total. The SMILES string of the molecule is O=C(O)C1CCN(c2ccnc(Nc3ccc(Br)cc3)n2)CC1. The molecule has 0 amide bonds. The van der Waals surface area contributed by atoms with Crippen LogP contribution in [0, 0.1) is 5.92 Å². The number of aliphatic carboxylic acids is 1. The van der Waals surface area contributed by atoms with Crippen molar-refractivity contribution in [1.82, 2.24) is 9.97 Å². The summed E-state index contributed by atoms with van der Waals surface area (Å²) in [6, 6.07) is 9.64. The molecule has 1 aromatic heterocycles. The molecule has 2 N–H and O–H groups in total. The highest BCUT2D eigenvalue weighted by Crippen LogP contribution is 2.23. The van der Waals surface area contributed by atoms with E-state index in [0.29, 0.717) is 31.9 Å². The number of piperidine rings is 1. The fourth-order valence-electron chi connectivity index (χ4n) is 2.60. The lowest BCUT2D eigenvalue weighted by molar-refractivity contribution is -0.142. The molecule has 0 unspecified atom stereocenters. The third kappa shape index (κ3) is 3.98. The molecule has 1 aliphatic rings. The summed E-state index contributed by atoms with van der Waals surface area (Å²) in [7, 11) is 0. The molecule has 0 spiro atoms. The first-order valence-corrected chi connectivity index (χ1v) is 8.24. The minimum Gasteiger partial charge on any atom is -0.481 e. The van der Waals surface area contributed by atoms with Gasteiger partial charge in [0.25, 0.3) is 0 Å². The lowest BCUT2D eigenvalue weighted by atomic mass is 9.97. The predicted octanol–water partition coefficient (Wildman–Crippen LogP) is 3.28. The van der Waals surface area contributed by atoms with Crippen molar-refractivity contribution in [3.8, 4) is 0 Å². The topological polar surface area (TPSA) is 78.3 Å². The number of anilines is 3. The molecular weight excluding hydrogens is 360 g/mol. The first kappa shape index (κ1) is 15.7. The minimum absolute atomic E-state index is 0.242. The van der Waals surface area contributed by atoms with Crippen molar-refractivity contribution in [3.63, 3.8) is 0 Å². The molecule has 2 heterocycles. The highest BCUT2D eigenvalue weighted by atomic mass is 79.9. The molecule has 0 radical (unpaired) electrons. The molecule has 1 aliphatic heterocycles. The van der Waals surface area contributed by atoms with Crippen LogP contribution in [0.15, 0.2) is 41.0 Å². The van der Waals surface area contributed by atoms with Gasteiger partial charge in [0, 0.05) is 29.4 Å². The Morgan fingerprint density at radius 1 is 1.22 bits per heavy atom. The third-order valence-electron chi connectivity index (χ3n) is 3.91. The number of hydrogen-bond donors (Lipinski definition) is 2. The molecule has 3 rings (SSSR count). The quantitative estimate of drug-likeness (QED) is 0.852. The maximum Gasteiger partial charge on any atom is 0.306 e. The zero-order valence-corrected chi connectivity index (χ0v) is 14.0. The monoisotopic (exact) mass is 376 g/mol. The zero-order valence-electron chi connectivity index (χ0n) is 12.4. The van der Waals surface area contributed by atoms with Crippen LogP contribution in [-0.2, 0) is 4.79 Å². The number of halogens is 1. The number of carboxylic acid groups (broad SMARTS) is 1. The van der Waals surface area contributed by atoms with Crippen molar-refractivity contribution in [2.24, 2.45) is 5.92 Å². The standard InChI is InChI=1S/C16H17BrN4O2/c17-12-1-3-13(4-2-12)19-16-18-8-5-14(20-16)21-9-6-11(7-10-21)15(22)23/h1-5,8,11H,6-7,9-10H2,(H,22,23)(H,18,19,20). The van der Waals surface area contributed by atoms with Gasteiger partial charge in [0.05, 0.1) is 5.92 Å². The molecule has 2 aromatic rings. The van der Waals surface area contributed by atoms with E-state index >= 15 is 0 Å². The van der Waals surface area contributed by atoms with Gasteiger partial charge in [-0.3, -0.25) is 4.79 Å². The van der Waals surface area contributed by atoms with Crippen molar-refractivity contribution >= 4 is 39.4 Å². The Bertz CT molecular complexity index is 685. The fourth-order valence-corrected chi connectivity index (χ4v) is 2.87. The van der Waals surface area contributed by atoms with E-state index in [-0.39, 0.29) is 5.92 Å². The normalized spacial score (nSPS) is 15.4. The molecule has 0 aliphatic carbocycles. The number of nitrogens with one attached hydrogen (secondary N) is 1. The molecule has 1 saturated heterocycles. The molecule has 1 fully saturated rings. The summed E-state index contributed by atoms with van der Waals surface area (Å²) in [4.78, 5) is 21.9. The Labute approximate surface area is 142 Å². The highest BCUT2D eigenvalue weighted by Gasteiger charge is 2.25. The van der Waals surface area contributed by atoms with Gasteiger partial charge in [-0.25, -0.2) is 4.98 Å². The van der Waals surface area contributed by atoms with Crippen LogP contribution >= 0.6 is 15.9 Å². The minimum atomic E-state index is -0.704. The molecule has 0 saturated carbocycles. The van der Waals surface area contributed by atoms with E-state index in [0.717, 1.165) is 16.0 Å². The molecule has 7 heteroatoms. The van der Waals surface area contributed by atoms with Gasteiger partial charge in [0.1, 0.15) is 5.82 Å². The maximum absolute atomic E-state index is 11.0. The van der Waals surface area contributed by atoms with Crippen LogP contribution in [0.5, 0.6) is 0 Å². The summed E-state index contributed by atoms with van der Waals surface area (Å²) in [6.07, 6.45) is 3.01. The summed E-state index contributed by atoms with van der Waals surface area (Å²) >= 11 is 3.40. The average Bonchev–Trinajstić information content (AvgIpc) is 2.57. The van der Waals surface area contributed by atoms with E-state index in [4.69, 9.17) is 5.11 Å². The van der Waals surface area contributed by atoms with Crippen molar-refractivity contribution in [2.75, 3.05) is 23.3 Å². The predicted molar refractivity (Wildman–Crippen MR) is 92.0 cm³/mol. The van der Waals surface area contributed by atoms with E-state index in [2.05, 4.69) is 36.1 Å². The Balaban J connectivity index is 1.68. The number of carboxylic acids is 1. The van der Waals surface area contributed by atoms with Crippen LogP contribution < -0.4 is 10.2 Å². The van der Waals surface area contributed by atoms with Crippen LogP contribution in [0.2, 0.25) is 0 Å². The third-order valence-corrected chi connectivity index (χ3v) is 4.44. The lowest BCUT2D eigenvalue weighted by Gasteiger charge is -2.31. The van der Waals surface area contributed by atoms with Gasteiger partial charge in [-0.05, 0) is 43.2 Å². The van der Waals surface area contributed by atoms with Crippen LogP contribution in [0.1, 0.15) is 12.8 Å². The van der Waals surface area contributed by atoms with Crippen molar-refractivity contribution < 1.29 is 9.90 Å². The fraction of sp³-hybridized carbons (Fsp3) is 0.312. The molecule has 0 atom stereocenters. The highest BCUT2D eigenvalue weighted by molar-refractivity contribution is 9.10. The Hall–Kier alpha value is -2.15. The number of benzene rings is 1. The summed E-state index contributed by atoms with van der Waals surface area (Å²) in [5.74, 6) is 0.409. The Morgan fingerprint density at radius 2 is 1.91 bits per heavy atom. The van der Waals surface area contributed by atoms with Gasteiger partial charge in [-0.1, -0.05) is 15.9 Å². The summed E-state index contributed by atoms with van der Waals surface area (Å²) in [5.41, 5.74) is 0.912. The van der Waals surface area contributed by atoms with Crippen molar-refractivity contribution in [2.45, 2.75) is 12.8 Å². The first-order valence-electron chi connectivity index (χ1n) is 7.45. The lowest BCUT2D eigenvalue weighted by Crippen LogP contribution is -2.36. The summed E-state index contributed by atoms with van der Waals surface area (Å²) in [6.45, 7) is 1.40. The number of nitrogens with zero attached hydrogens (tertiary/aromatic N) is 3. The molecule has 0 bridgehead atoms. The van der Waals surface area contributed by atoms with Crippen LogP contribution in [0.25, 0.3) is 0 Å². The average molecular weight is 377 g/mol. The van der Waals surface area contributed by atoms with Gasteiger partial charge in [0.15, 0.2) is 0 Å². The van der Waals surface area contributed by atoms with E-state index in [1.165, 1.54) is 0 Å². The van der Waals surface area contributed by atoms with Gasteiger partial charge in [0.2, 0.25) is 5.95 Å². The molecular formula is C16H17BrN4O2. The number of hydrogen-bond acceptors (Lipinski definition) is 5. The van der Waals surface area contributed by atoms with Crippen LogP contribution in [0.3, 0.4) is 0 Å². The molecule has 120 valence electrons. The van der Waals surface area contributed by atoms with Crippen molar-refractivity contribution in [3.05, 3.63) is 41.0 Å². The van der Waals surface area contributed by atoms with Gasteiger partial charge in [-0.15, -0.1) is 0 Å². The molecule has 1 aromatic carbocycles. The number of rotatable bonds is 4. The smallest absolute Gasteiger partial charge is 0.306 e. The molecule has 23 heavy (non-hydrogen) atoms. The Morgan fingerprint density at radius 3 is 2.57 bits per heavy atom. The second kappa shape index (κ2) is 6.95. The van der Waals surface area contributed by atoms with Gasteiger partial charge >= 0.3 is 5.97 Å². The second-order valence-electron chi connectivity index (χ2n) is 5.47. The summed E-state index contributed by atoms with van der Waals surface area (Å²) < 4.78 is 1.01. The van der Waals surface area contributed by atoms with E-state index in [9.17, 15) is 4.79 Å². The number of carbonyl (C=O) groups is 1.